The zero-order chi connectivity index (χ0) is 10.0. The van der Waals surface area contributed by atoms with E-state index in [2.05, 4.69) is 0 Å². The molecule has 0 spiro atoms. The Morgan fingerprint density at radius 2 is 1.77 bits per heavy atom. The van der Waals surface area contributed by atoms with Gasteiger partial charge in [-0.1, -0.05) is 6.07 Å². The van der Waals surface area contributed by atoms with Crippen LogP contribution < -0.4 is 5.73 Å². The van der Waals surface area contributed by atoms with Crippen molar-refractivity contribution < 1.29 is 17.6 Å². The lowest BCUT2D eigenvalue weighted by atomic mass is 10.1. The Hall–Kier alpha value is -1.10. The highest BCUT2D eigenvalue weighted by Crippen LogP contribution is 2.25. The minimum atomic E-state index is -3.01. The predicted molar refractivity (Wildman–Crippen MR) is 39.2 cm³/mol. The highest BCUT2D eigenvalue weighted by molar-refractivity contribution is 5.26. The van der Waals surface area contributed by atoms with Crippen molar-refractivity contribution in [2.75, 3.05) is 0 Å². The van der Waals surface area contributed by atoms with E-state index in [1.54, 1.807) is 0 Å². The first-order valence-electron chi connectivity index (χ1n) is 3.53. The monoisotopic (exact) mass is 193 g/mol. The molecule has 0 unspecified atom stereocenters. The van der Waals surface area contributed by atoms with Gasteiger partial charge in [-0.2, -0.15) is 0 Å². The molecule has 1 rings (SSSR count). The van der Waals surface area contributed by atoms with Gasteiger partial charge >= 0.3 is 0 Å². The van der Waals surface area contributed by atoms with Crippen molar-refractivity contribution in [2.45, 2.75) is 13.0 Å². The summed E-state index contributed by atoms with van der Waals surface area (Å²) in [6.45, 7) is -0.216. The Balaban J connectivity index is 3.23. The molecule has 0 heterocycles. The first kappa shape index (κ1) is 9.98. The SMILES string of the molecule is NCc1ccc(C(F)F)c(F)c1F. The van der Waals surface area contributed by atoms with E-state index in [9.17, 15) is 17.6 Å². The summed E-state index contributed by atoms with van der Waals surface area (Å²) in [6.07, 6.45) is -3.01. The van der Waals surface area contributed by atoms with Crippen LogP contribution in [0.3, 0.4) is 0 Å². The van der Waals surface area contributed by atoms with Gasteiger partial charge in [-0.15, -0.1) is 0 Å². The Labute approximate surface area is 72.2 Å². The van der Waals surface area contributed by atoms with E-state index in [-0.39, 0.29) is 12.1 Å². The number of benzene rings is 1. The number of nitrogens with two attached hydrogens (primary N) is 1. The third-order valence-electron chi connectivity index (χ3n) is 1.65. The van der Waals surface area contributed by atoms with Crippen molar-refractivity contribution in [2.24, 2.45) is 5.73 Å². The summed E-state index contributed by atoms with van der Waals surface area (Å²) < 4.78 is 49.6. The van der Waals surface area contributed by atoms with Crippen LogP contribution >= 0.6 is 0 Å². The van der Waals surface area contributed by atoms with Crippen LogP contribution in [0.4, 0.5) is 17.6 Å². The van der Waals surface area contributed by atoms with Gasteiger partial charge in [0.25, 0.3) is 6.43 Å². The van der Waals surface area contributed by atoms with E-state index >= 15 is 0 Å². The number of hydrogen-bond donors (Lipinski definition) is 1. The Morgan fingerprint density at radius 1 is 1.15 bits per heavy atom. The van der Waals surface area contributed by atoms with Gasteiger partial charge in [-0.05, 0) is 6.07 Å². The predicted octanol–water partition coefficient (Wildman–Crippen LogP) is 2.36. The quantitative estimate of drug-likeness (QED) is 0.717. The zero-order valence-electron chi connectivity index (χ0n) is 6.53. The molecule has 0 aliphatic rings. The number of hydrogen-bond acceptors (Lipinski definition) is 1. The van der Waals surface area contributed by atoms with Crippen LogP contribution in [-0.2, 0) is 6.54 Å². The maximum atomic E-state index is 12.8. The van der Waals surface area contributed by atoms with E-state index in [0.717, 1.165) is 12.1 Å². The lowest BCUT2D eigenvalue weighted by Crippen LogP contribution is -2.04. The maximum absolute atomic E-state index is 12.8. The summed E-state index contributed by atoms with van der Waals surface area (Å²) in [6, 6.07) is 1.89. The fraction of sp³-hybridized carbons (Fsp3) is 0.250. The fourth-order valence-electron chi connectivity index (χ4n) is 0.931. The standard InChI is InChI=1S/C8H7F4N/c9-6-4(3-13)1-2-5(7(6)10)8(11)12/h1-2,8H,3,13H2. The molecule has 0 bridgehead atoms. The van der Waals surface area contributed by atoms with Gasteiger partial charge in [0.2, 0.25) is 0 Å². The van der Waals surface area contributed by atoms with Crippen LogP contribution in [-0.4, -0.2) is 0 Å². The molecule has 72 valence electrons. The number of halogens is 4. The molecule has 0 fully saturated rings. The van der Waals surface area contributed by atoms with Crippen LogP contribution in [0.2, 0.25) is 0 Å². The van der Waals surface area contributed by atoms with E-state index in [4.69, 9.17) is 5.73 Å². The lowest BCUT2D eigenvalue weighted by molar-refractivity contribution is 0.145. The molecule has 0 saturated carbocycles. The molecule has 2 N–H and O–H groups in total. The van der Waals surface area contributed by atoms with E-state index in [0.29, 0.717) is 0 Å². The van der Waals surface area contributed by atoms with Gasteiger partial charge in [0.05, 0.1) is 5.56 Å². The van der Waals surface area contributed by atoms with Gasteiger partial charge in [0, 0.05) is 12.1 Å². The highest BCUT2D eigenvalue weighted by Gasteiger charge is 2.18. The van der Waals surface area contributed by atoms with Crippen LogP contribution in [0.15, 0.2) is 12.1 Å². The second kappa shape index (κ2) is 3.74. The molecule has 1 nitrogen and oxygen atoms in total. The average molecular weight is 193 g/mol. The molecule has 0 radical (unpaired) electrons. The average Bonchev–Trinajstić information content (AvgIpc) is 2.09. The normalized spacial score (nSPS) is 10.9. The third kappa shape index (κ3) is 1.80. The molecule has 1 aromatic rings. The minimum Gasteiger partial charge on any atom is -0.326 e. The minimum absolute atomic E-state index is 0.109. The van der Waals surface area contributed by atoms with Crippen LogP contribution in [0.25, 0.3) is 0 Å². The summed E-state index contributed by atoms with van der Waals surface area (Å²) >= 11 is 0. The van der Waals surface area contributed by atoms with Crippen LogP contribution in [0, 0.1) is 11.6 Å². The summed E-state index contributed by atoms with van der Waals surface area (Å²) in [5.41, 5.74) is 4.01. The van der Waals surface area contributed by atoms with Gasteiger partial charge in [-0.25, -0.2) is 17.6 Å². The molecule has 0 amide bonds. The number of alkyl halides is 2. The van der Waals surface area contributed by atoms with Crippen LogP contribution in [0.5, 0.6) is 0 Å². The van der Waals surface area contributed by atoms with Gasteiger partial charge in [0.1, 0.15) is 0 Å². The van der Waals surface area contributed by atoms with Gasteiger partial charge in [-0.3, -0.25) is 0 Å². The molecule has 0 atom stereocenters. The molecule has 0 aliphatic heterocycles. The summed E-state index contributed by atoms with van der Waals surface area (Å²) in [5.74, 6) is -2.81. The summed E-state index contributed by atoms with van der Waals surface area (Å²) in [7, 11) is 0. The summed E-state index contributed by atoms with van der Waals surface area (Å²) in [5, 5.41) is 0. The zero-order valence-corrected chi connectivity index (χ0v) is 6.53. The number of rotatable bonds is 2. The van der Waals surface area contributed by atoms with Crippen molar-refractivity contribution >= 4 is 0 Å². The van der Waals surface area contributed by atoms with Gasteiger partial charge < -0.3 is 5.73 Å². The second-order valence-corrected chi connectivity index (χ2v) is 2.45. The Kier molecular flexibility index (Phi) is 2.87. The van der Waals surface area contributed by atoms with E-state index in [1.165, 1.54) is 0 Å². The highest BCUT2D eigenvalue weighted by atomic mass is 19.3. The van der Waals surface area contributed by atoms with Crippen molar-refractivity contribution in [3.05, 3.63) is 34.9 Å². The lowest BCUT2D eigenvalue weighted by Gasteiger charge is -2.05. The second-order valence-electron chi connectivity index (χ2n) is 2.45. The summed E-state index contributed by atoms with van der Waals surface area (Å²) in [4.78, 5) is 0. The molecule has 1 aromatic carbocycles. The molecule has 0 aromatic heterocycles. The molecule has 0 aliphatic carbocycles. The smallest absolute Gasteiger partial charge is 0.266 e. The first-order chi connectivity index (χ1) is 6.07. The first-order valence-corrected chi connectivity index (χ1v) is 3.53. The van der Waals surface area contributed by atoms with Crippen molar-refractivity contribution in [3.63, 3.8) is 0 Å². The largest absolute Gasteiger partial charge is 0.326 e. The van der Waals surface area contributed by atoms with Gasteiger partial charge in [0.15, 0.2) is 11.6 Å². The molecule has 0 saturated heterocycles. The Bertz CT molecular complexity index is 311. The van der Waals surface area contributed by atoms with E-state index in [1.807, 2.05) is 0 Å². The topological polar surface area (TPSA) is 26.0 Å². The molecule has 5 heteroatoms. The van der Waals surface area contributed by atoms with Crippen LogP contribution in [0.1, 0.15) is 17.6 Å². The third-order valence-corrected chi connectivity index (χ3v) is 1.65. The Morgan fingerprint density at radius 3 is 2.23 bits per heavy atom. The molecular weight excluding hydrogens is 186 g/mol. The molecule has 13 heavy (non-hydrogen) atoms. The fourth-order valence-corrected chi connectivity index (χ4v) is 0.931. The van der Waals surface area contributed by atoms with Crippen molar-refractivity contribution in [1.29, 1.82) is 0 Å². The molecular formula is C8H7F4N. The van der Waals surface area contributed by atoms with E-state index < -0.39 is 23.6 Å². The van der Waals surface area contributed by atoms with Crippen molar-refractivity contribution in [3.8, 4) is 0 Å². The van der Waals surface area contributed by atoms with Crippen molar-refractivity contribution in [1.82, 2.24) is 0 Å². The maximum Gasteiger partial charge on any atom is 0.266 e.